The molecule has 142 valence electrons. The first-order valence-corrected chi connectivity index (χ1v) is 10.0. The third-order valence-electron chi connectivity index (χ3n) is 6.11. The van der Waals surface area contributed by atoms with E-state index < -0.39 is 0 Å². The van der Waals surface area contributed by atoms with E-state index in [0.717, 1.165) is 23.2 Å². The number of nitrogens with one attached hydrogen (secondary N) is 1. The summed E-state index contributed by atoms with van der Waals surface area (Å²) in [5.41, 5.74) is 5.89. The third kappa shape index (κ3) is 2.84. The van der Waals surface area contributed by atoms with Crippen LogP contribution < -0.4 is 5.32 Å². The number of nitriles is 1. The highest BCUT2D eigenvalue weighted by Gasteiger charge is 2.40. The van der Waals surface area contributed by atoms with Gasteiger partial charge in [0.2, 0.25) is 0 Å². The van der Waals surface area contributed by atoms with Gasteiger partial charge in [-0.25, -0.2) is 0 Å². The predicted molar refractivity (Wildman–Crippen MR) is 116 cm³/mol. The predicted octanol–water partition coefficient (Wildman–Crippen LogP) is 6.02. The number of hydrogen-bond donors (Lipinski definition) is 1. The number of rotatable bonds is 1. The Hall–Kier alpha value is -3.38. The van der Waals surface area contributed by atoms with Gasteiger partial charge < -0.3 is 5.32 Å². The molecular formula is C26H22N2O. The number of carbonyl (C=O) groups excluding carboxylic acids is 1. The van der Waals surface area contributed by atoms with Crippen LogP contribution in [0.5, 0.6) is 0 Å². The first-order chi connectivity index (χ1) is 14.0. The van der Waals surface area contributed by atoms with Gasteiger partial charge in [0.05, 0.1) is 17.7 Å². The highest BCUT2D eigenvalue weighted by atomic mass is 16.1. The lowest BCUT2D eigenvalue weighted by Gasteiger charge is -2.40. The molecule has 1 aliphatic carbocycles. The molecule has 2 aliphatic rings. The molecule has 1 atom stereocenters. The highest BCUT2D eigenvalue weighted by Crippen LogP contribution is 2.51. The van der Waals surface area contributed by atoms with Crippen LogP contribution in [0, 0.1) is 16.7 Å². The number of ketones is 1. The number of carbonyl (C=O) groups is 1. The third-order valence-corrected chi connectivity index (χ3v) is 6.11. The Morgan fingerprint density at radius 2 is 1.76 bits per heavy atom. The fraction of sp³-hybridized carbons (Fsp3) is 0.231. The number of benzene rings is 3. The van der Waals surface area contributed by atoms with Gasteiger partial charge in [-0.15, -0.1) is 0 Å². The Bertz CT molecular complexity index is 1230. The smallest absolute Gasteiger partial charge is 0.162 e. The minimum absolute atomic E-state index is 0.0588. The summed E-state index contributed by atoms with van der Waals surface area (Å²) < 4.78 is 0. The summed E-state index contributed by atoms with van der Waals surface area (Å²) >= 11 is 0. The first-order valence-electron chi connectivity index (χ1n) is 10.0. The molecule has 0 radical (unpaired) electrons. The quantitative estimate of drug-likeness (QED) is 0.563. The van der Waals surface area contributed by atoms with Crippen LogP contribution in [0.15, 0.2) is 66.2 Å². The van der Waals surface area contributed by atoms with E-state index in [4.69, 9.17) is 5.26 Å². The van der Waals surface area contributed by atoms with Crippen molar-refractivity contribution in [3.8, 4) is 6.07 Å². The molecule has 3 nitrogen and oxygen atoms in total. The number of fused-ring (bicyclic) bond motifs is 4. The van der Waals surface area contributed by atoms with Gasteiger partial charge in [0.25, 0.3) is 0 Å². The van der Waals surface area contributed by atoms with E-state index in [9.17, 15) is 4.79 Å². The highest BCUT2D eigenvalue weighted by molar-refractivity contribution is 6.12. The van der Waals surface area contributed by atoms with Crippen LogP contribution in [-0.2, 0) is 4.79 Å². The lowest BCUT2D eigenvalue weighted by Crippen LogP contribution is -2.33. The maximum atomic E-state index is 13.3. The van der Waals surface area contributed by atoms with Gasteiger partial charge in [-0.1, -0.05) is 56.3 Å². The van der Waals surface area contributed by atoms with Gasteiger partial charge >= 0.3 is 0 Å². The molecule has 0 amide bonds. The molecule has 0 saturated carbocycles. The van der Waals surface area contributed by atoms with Crippen molar-refractivity contribution in [3.05, 3.63) is 82.9 Å². The Morgan fingerprint density at radius 3 is 2.52 bits per heavy atom. The molecule has 29 heavy (non-hydrogen) atoms. The summed E-state index contributed by atoms with van der Waals surface area (Å²) in [5, 5.41) is 15.1. The topological polar surface area (TPSA) is 52.9 Å². The molecule has 0 fully saturated rings. The molecule has 0 spiro atoms. The molecule has 0 bridgehead atoms. The van der Waals surface area contributed by atoms with Gasteiger partial charge in [0, 0.05) is 23.2 Å². The van der Waals surface area contributed by atoms with E-state index in [1.54, 1.807) is 0 Å². The normalized spacial score (nSPS) is 19.9. The molecule has 1 N–H and O–H groups in total. The summed E-state index contributed by atoms with van der Waals surface area (Å²) in [4.78, 5) is 13.3. The van der Waals surface area contributed by atoms with Crippen molar-refractivity contribution in [3.63, 3.8) is 0 Å². The summed E-state index contributed by atoms with van der Waals surface area (Å²) in [5.74, 6) is 0.219. The van der Waals surface area contributed by atoms with E-state index in [1.807, 2.05) is 24.3 Å². The SMILES string of the molecule is CC1(C)CC(=O)C2=C(C1)c1c(ccc3ccccc13)N[C@@H]2c1ccc(C#N)cc1. The lowest BCUT2D eigenvalue weighted by molar-refractivity contribution is -0.118. The van der Waals surface area contributed by atoms with Crippen molar-refractivity contribution >= 4 is 27.8 Å². The van der Waals surface area contributed by atoms with Crippen molar-refractivity contribution in [2.75, 3.05) is 5.32 Å². The van der Waals surface area contributed by atoms with E-state index in [0.29, 0.717) is 12.0 Å². The van der Waals surface area contributed by atoms with E-state index in [1.165, 1.54) is 21.9 Å². The van der Waals surface area contributed by atoms with Gasteiger partial charge in [-0.3, -0.25) is 4.79 Å². The molecule has 1 aliphatic heterocycles. The number of allylic oxidation sites excluding steroid dienone is 1. The second-order valence-corrected chi connectivity index (χ2v) is 8.85. The van der Waals surface area contributed by atoms with Crippen molar-refractivity contribution < 1.29 is 4.79 Å². The van der Waals surface area contributed by atoms with Crippen LogP contribution >= 0.6 is 0 Å². The van der Waals surface area contributed by atoms with Crippen LogP contribution in [0.2, 0.25) is 0 Å². The Balaban J connectivity index is 1.77. The van der Waals surface area contributed by atoms with Crippen LogP contribution in [-0.4, -0.2) is 5.78 Å². The second kappa shape index (κ2) is 6.32. The zero-order valence-corrected chi connectivity index (χ0v) is 16.6. The van der Waals surface area contributed by atoms with Crippen molar-refractivity contribution in [2.45, 2.75) is 32.7 Å². The number of anilines is 1. The largest absolute Gasteiger partial charge is 0.373 e. The second-order valence-electron chi connectivity index (χ2n) is 8.85. The molecule has 3 aromatic carbocycles. The van der Waals surface area contributed by atoms with Crippen LogP contribution in [0.4, 0.5) is 5.69 Å². The molecule has 3 aromatic rings. The summed E-state index contributed by atoms with van der Waals surface area (Å²) in [6.45, 7) is 4.36. The van der Waals surface area contributed by atoms with E-state index in [2.05, 4.69) is 61.6 Å². The minimum Gasteiger partial charge on any atom is -0.373 e. The zero-order chi connectivity index (χ0) is 20.2. The maximum absolute atomic E-state index is 13.3. The molecule has 1 heterocycles. The Labute approximate surface area is 170 Å². The van der Waals surface area contributed by atoms with Crippen LogP contribution in [0.1, 0.15) is 49.4 Å². The average molecular weight is 378 g/mol. The number of nitrogens with zero attached hydrogens (tertiary/aromatic N) is 1. The van der Waals surface area contributed by atoms with Crippen LogP contribution in [0.25, 0.3) is 16.3 Å². The van der Waals surface area contributed by atoms with E-state index in [-0.39, 0.29) is 17.2 Å². The standard InChI is InChI=1S/C26H22N2O/c1-26(2)13-20-23-19-6-4-3-5-17(19)11-12-21(23)28-25(24(20)22(29)14-26)18-9-7-16(15-27)8-10-18/h3-12,25,28H,13-14H2,1-2H3/t25-/m1/s1. The number of hydrogen-bond acceptors (Lipinski definition) is 3. The zero-order valence-electron chi connectivity index (χ0n) is 16.6. The minimum atomic E-state index is -0.185. The maximum Gasteiger partial charge on any atom is 0.162 e. The van der Waals surface area contributed by atoms with E-state index >= 15 is 0 Å². The summed E-state index contributed by atoms with van der Waals surface area (Å²) in [6.07, 6.45) is 1.43. The Kier molecular flexibility index (Phi) is 3.86. The fourth-order valence-electron chi connectivity index (χ4n) is 4.84. The number of Topliss-reactive ketones (excluding diaryl/α,β-unsaturated/α-hetero) is 1. The molecule has 3 heteroatoms. The molecule has 0 unspecified atom stereocenters. The van der Waals surface area contributed by atoms with Crippen molar-refractivity contribution in [1.82, 2.24) is 0 Å². The van der Waals surface area contributed by atoms with Crippen molar-refractivity contribution in [1.29, 1.82) is 5.26 Å². The van der Waals surface area contributed by atoms with Gasteiger partial charge in [0.1, 0.15) is 0 Å². The molecule has 0 aromatic heterocycles. The monoisotopic (exact) mass is 378 g/mol. The van der Waals surface area contributed by atoms with Crippen molar-refractivity contribution in [2.24, 2.45) is 5.41 Å². The van der Waals surface area contributed by atoms with Gasteiger partial charge in [0.15, 0.2) is 5.78 Å². The summed E-state index contributed by atoms with van der Waals surface area (Å²) in [7, 11) is 0. The lowest BCUT2D eigenvalue weighted by atomic mass is 9.68. The van der Waals surface area contributed by atoms with Gasteiger partial charge in [-0.05, 0) is 51.9 Å². The average Bonchev–Trinajstić information content (AvgIpc) is 2.72. The van der Waals surface area contributed by atoms with Crippen LogP contribution in [0.3, 0.4) is 0 Å². The molecular weight excluding hydrogens is 356 g/mol. The Morgan fingerprint density at radius 1 is 1.00 bits per heavy atom. The first kappa shape index (κ1) is 17.7. The van der Waals surface area contributed by atoms with Gasteiger partial charge in [-0.2, -0.15) is 5.26 Å². The molecule has 5 rings (SSSR count). The summed E-state index contributed by atoms with van der Waals surface area (Å²) in [6, 6.07) is 22.2. The molecule has 0 saturated heterocycles. The fourth-order valence-corrected chi connectivity index (χ4v) is 4.84.